The first-order chi connectivity index (χ1) is 10.3. The summed E-state index contributed by atoms with van der Waals surface area (Å²) in [5.74, 6) is 0.993. The molecule has 1 saturated carbocycles. The maximum Gasteiger partial charge on any atom is 0.207 e. The fraction of sp³-hybridized carbons (Fsp3) is 0.500. The van der Waals surface area contributed by atoms with Gasteiger partial charge in [0.15, 0.2) is 0 Å². The average Bonchev–Trinajstić information content (AvgIpc) is 2.89. The Morgan fingerprint density at radius 2 is 2.05 bits per heavy atom. The first-order valence-electron chi connectivity index (χ1n) is 8.17. The van der Waals surface area contributed by atoms with Crippen molar-refractivity contribution < 1.29 is 0 Å². The number of nitrogens with zero attached hydrogens (tertiary/aromatic N) is 2. The van der Waals surface area contributed by atoms with Crippen LogP contribution in [0.15, 0.2) is 30.5 Å². The molecule has 0 saturated heterocycles. The van der Waals surface area contributed by atoms with E-state index in [-0.39, 0.29) is 0 Å². The van der Waals surface area contributed by atoms with Crippen molar-refractivity contribution in [3.05, 3.63) is 41.7 Å². The van der Waals surface area contributed by atoms with Crippen molar-refractivity contribution >= 4 is 11.6 Å². The quantitative estimate of drug-likeness (QED) is 0.855. The van der Waals surface area contributed by atoms with Gasteiger partial charge in [-0.25, -0.2) is 4.98 Å². The molecule has 0 bridgehead atoms. The minimum Gasteiger partial charge on any atom is -0.326 e. The van der Waals surface area contributed by atoms with Gasteiger partial charge in [0.05, 0.1) is 5.69 Å². The van der Waals surface area contributed by atoms with E-state index in [1.807, 2.05) is 0 Å². The Kier molecular flexibility index (Phi) is 4.28. The van der Waals surface area contributed by atoms with E-state index in [1.165, 1.54) is 37.7 Å². The van der Waals surface area contributed by atoms with Gasteiger partial charge in [-0.15, -0.1) is 0 Å². The SMILES string of the molecule is CCc1cccc(Nc2nc(C)cn2C2CCCCC2)c1. The van der Waals surface area contributed by atoms with Crippen molar-refractivity contribution in [3.8, 4) is 0 Å². The molecule has 112 valence electrons. The van der Waals surface area contributed by atoms with Crippen molar-refractivity contribution in [3.63, 3.8) is 0 Å². The molecule has 21 heavy (non-hydrogen) atoms. The van der Waals surface area contributed by atoms with E-state index in [0.717, 1.165) is 23.8 Å². The third kappa shape index (κ3) is 3.29. The van der Waals surface area contributed by atoms with E-state index in [1.54, 1.807) is 0 Å². The monoisotopic (exact) mass is 283 g/mol. The fourth-order valence-electron chi connectivity index (χ4n) is 3.24. The molecule has 0 aliphatic heterocycles. The van der Waals surface area contributed by atoms with E-state index in [2.05, 4.69) is 59.2 Å². The zero-order chi connectivity index (χ0) is 14.7. The van der Waals surface area contributed by atoms with E-state index >= 15 is 0 Å². The number of aromatic nitrogens is 2. The first kappa shape index (κ1) is 14.2. The maximum atomic E-state index is 4.69. The molecule has 3 heteroatoms. The van der Waals surface area contributed by atoms with E-state index in [0.29, 0.717) is 6.04 Å². The van der Waals surface area contributed by atoms with Crippen molar-refractivity contribution in [1.82, 2.24) is 9.55 Å². The van der Waals surface area contributed by atoms with Gasteiger partial charge in [-0.1, -0.05) is 38.3 Å². The molecule has 0 spiro atoms. The highest BCUT2D eigenvalue weighted by molar-refractivity contribution is 5.55. The minimum absolute atomic E-state index is 0.608. The normalized spacial score (nSPS) is 16.1. The van der Waals surface area contributed by atoms with E-state index in [4.69, 9.17) is 0 Å². The molecule has 2 aromatic rings. The van der Waals surface area contributed by atoms with Crippen LogP contribution in [0.5, 0.6) is 0 Å². The lowest BCUT2D eigenvalue weighted by Crippen LogP contribution is -2.14. The van der Waals surface area contributed by atoms with Crippen LogP contribution in [-0.4, -0.2) is 9.55 Å². The molecule has 0 atom stereocenters. The Morgan fingerprint density at radius 3 is 2.81 bits per heavy atom. The van der Waals surface area contributed by atoms with Crippen LogP contribution in [0.3, 0.4) is 0 Å². The molecular formula is C18H25N3. The van der Waals surface area contributed by atoms with Gasteiger partial charge in [0, 0.05) is 17.9 Å². The Morgan fingerprint density at radius 1 is 1.24 bits per heavy atom. The summed E-state index contributed by atoms with van der Waals surface area (Å²) < 4.78 is 2.35. The molecule has 1 aromatic carbocycles. The van der Waals surface area contributed by atoms with Crippen LogP contribution in [0.4, 0.5) is 11.6 Å². The van der Waals surface area contributed by atoms with Gasteiger partial charge >= 0.3 is 0 Å². The maximum absolute atomic E-state index is 4.69. The summed E-state index contributed by atoms with van der Waals surface area (Å²) in [4.78, 5) is 4.69. The second-order valence-corrected chi connectivity index (χ2v) is 6.08. The Labute approximate surface area is 127 Å². The van der Waals surface area contributed by atoms with Crippen LogP contribution in [0.2, 0.25) is 0 Å². The van der Waals surface area contributed by atoms with Crippen LogP contribution in [0, 0.1) is 6.92 Å². The zero-order valence-electron chi connectivity index (χ0n) is 13.1. The molecular weight excluding hydrogens is 258 g/mol. The number of nitrogens with one attached hydrogen (secondary N) is 1. The van der Waals surface area contributed by atoms with Crippen LogP contribution in [0.1, 0.15) is 56.3 Å². The van der Waals surface area contributed by atoms with Gasteiger partial charge < -0.3 is 9.88 Å². The summed E-state index contributed by atoms with van der Waals surface area (Å²) in [6, 6.07) is 9.23. The largest absolute Gasteiger partial charge is 0.326 e. The van der Waals surface area contributed by atoms with Gasteiger partial charge in [-0.05, 0) is 43.9 Å². The van der Waals surface area contributed by atoms with E-state index < -0.39 is 0 Å². The minimum atomic E-state index is 0.608. The summed E-state index contributed by atoms with van der Waals surface area (Å²) in [5.41, 5.74) is 3.58. The van der Waals surface area contributed by atoms with Crippen LogP contribution >= 0.6 is 0 Å². The second kappa shape index (κ2) is 6.33. The second-order valence-electron chi connectivity index (χ2n) is 6.08. The van der Waals surface area contributed by atoms with Crippen molar-refractivity contribution in [2.45, 2.75) is 58.4 Å². The number of hydrogen-bond donors (Lipinski definition) is 1. The molecule has 1 N–H and O–H groups in total. The average molecular weight is 283 g/mol. The lowest BCUT2D eigenvalue weighted by atomic mass is 9.95. The summed E-state index contributed by atoms with van der Waals surface area (Å²) in [6.07, 6.45) is 9.87. The third-order valence-electron chi connectivity index (χ3n) is 4.41. The number of benzene rings is 1. The third-order valence-corrected chi connectivity index (χ3v) is 4.41. The summed E-state index contributed by atoms with van der Waals surface area (Å²) in [5, 5.41) is 3.52. The Bertz CT molecular complexity index is 594. The highest BCUT2D eigenvalue weighted by Crippen LogP contribution is 2.31. The van der Waals surface area contributed by atoms with Crippen LogP contribution in [0.25, 0.3) is 0 Å². The van der Waals surface area contributed by atoms with Gasteiger partial charge in [-0.3, -0.25) is 0 Å². The molecule has 1 fully saturated rings. The molecule has 1 aliphatic carbocycles. The van der Waals surface area contributed by atoms with Crippen molar-refractivity contribution in [2.75, 3.05) is 5.32 Å². The molecule has 3 nitrogen and oxygen atoms in total. The highest BCUT2D eigenvalue weighted by atomic mass is 15.2. The predicted octanol–water partition coefficient (Wildman–Crippen LogP) is 5.00. The summed E-state index contributed by atoms with van der Waals surface area (Å²) in [6.45, 7) is 4.26. The number of rotatable bonds is 4. The molecule has 0 radical (unpaired) electrons. The number of anilines is 2. The molecule has 1 aromatic heterocycles. The highest BCUT2D eigenvalue weighted by Gasteiger charge is 2.18. The standard InChI is InChI=1S/C18H25N3/c1-3-15-8-7-9-16(12-15)20-18-19-14(2)13-21(18)17-10-5-4-6-11-17/h7-9,12-13,17H,3-6,10-11H2,1-2H3,(H,19,20). The first-order valence-corrected chi connectivity index (χ1v) is 8.17. The molecule has 3 rings (SSSR count). The predicted molar refractivity (Wildman–Crippen MR) is 88.2 cm³/mol. The van der Waals surface area contributed by atoms with Crippen LogP contribution < -0.4 is 5.32 Å². The zero-order valence-corrected chi connectivity index (χ0v) is 13.1. The number of aryl methyl sites for hydroxylation is 2. The lowest BCUT2D eigenvalue weighted by molar-refractivity contribution is 0.356. The Hall–Kier alpha value is -1.77. The molecule has 0 amide bonds. The summed E-state index contributed by atoms with van der Waals surface area (Å²) >= 11 is 0. The molecule has 1 heterocycles. The topological polar surface area (TPSA) is 29.9 Å². The van der Waals surface area contributed by atoms with Crippen molar-refractivity contribution in [1.29, 1.82) is 0 Å². The molecule has 0 unspecified atom stereocenters. The fourth-order valence-corrected chi connectivity index (χ4v) is 3.24. The van der Waals surface area contributed by atoms with Gasteiger partial charge in [0.25, 0.3) is 0 Å². The molecule has 1 aliphatic rings. The number of hydrogen-bond acceptors (Lipinski definition) is 2. The lowest BCUT2D eigenvalue weighted by Gasteiger charge is -2.24. The number of imidazole rings is 1. The smallest absolute Gasteiger partial charge is 0.207 e. The van der Waals surface area contributed by atoms with Crippen molar-refractivity contribution in [2.24, 2.45) is 0 Å². The van der Waals surface area contributed by atoms with E-state index in [9.17, 15) is 0 Å². The summed E-state index contributed by atoms with van der Waals surface area (Å²) in [7, 11) is 0. The Balaban J connectivity index is 1.84. The van der Waals surface area contributed by atoms with Gasteiger partial charge in [0.1, 0.15) is 0 Å². The van der Waals surface area contributed by atoms with Gasteiger partial charge in [0.2, 0.25) is 5.95 Å². The van der Waals surface area contributed by atoms with Gasteiger partial charge in [-0.2, -0.15) is 0 Å². The van der Waals surface area contributed by atoms with Crippen LogP contribution in [-0.2, 0) is 6.42 Å².